The van der Waals surface area contributed by atoms with Crippen LogP contribution in [0.3, 0.4) is 0 Å². The highest BCUT2D eigenvalue weighted by molar-refractivity contribution is 5.92. The zero-order chi connectivity index (χ0) is 18.2. The molecule has 0 aromatic carbocycles. The average Bonchev–Trinajstić information content (AvgIpc) is 3.38. The molecule has 2 fully saturated rings. The van der Waals surface area contributed by atoms with E-state index < -0.39 is 0 Å². The maximum absolute atomic E-state index is 5.62. The van der Waals surface area contributed by atoms with E-state index in [1.807, 2.05) is 16.9 Å². The highest BCUT2D eigenvalue weighted by Crippen LogP contribution is 2.32. The molecule has 0 unspecified atom stereocenters. The molecule has 2 saturated heterocycles. The molecule has 3 aromatic rings. The van der Waals surface area contributed by atoms with Crippen LogP contribution in [0.1, 0.15) is 6.92 Å². The Kier molecular flexibility index (Phi) is 4.17. The molecule has 2 N–H and O–H groups in total. The predicted octanol–water partition coefficient (Wildman–Crippen LogP) is 0.778. The smallest absolute Gasteiger partial charge is 0.169 e. The van der Waals surface area contributed by atoms with Crippen LogP contribution >= 0.6 is 0 Å². The van der Waals surface area contributed by atoms with Gasteiger partial charge in [0, 0.05) is 44.9 Å². The number of morpholine rings is 1. The molecule has 0 radical (unpaired) electrons. The Balaban J connectivity index is 1.67. The number of ether oxygens (including phenoxy) is 1. The summed E-state index contributed by atoms with van der Waals surface area (Å²) in [5.74, 6) is 1.80. The Morgan fingerprint density at radius 1 is 1.22 bits per heavy atom. The molecule has 0 bridgehead atoms. The van der Waals surface area contributed by atoms with Gasteiger partial charge < -0.3 is 19.9 Å². The van der Waals surface area contributed by atoms with Crippen LogP contribution in [0, 0.1) is 0 Å². The van der Waals surface area contributed by atoms with Crippen LogP contribution in [0.5, 0.6) is 0 Å². The first-order chi connectivity index (χ1) is 13.3. The maximum atomic E-state index is 5.62. The molecule has 0 amide bonds. The molecule has 9 nitrogen and oxygen atoms in total. The Hall–Kier alpha value is -2.65. The number of H-pyrrole nitrogens is 1. The van der Waals surface area contributed by atoms with Gasteiger partial charge in [-0.3, -0.25) is 5.10 Å². The standard InChI is InChI=1S/C18H24N8O/c1-13-12-27-9-8-25(13)17-10-15(24-6-4-19-5-7-24)14-11-21-26(18(14)22-17)16-2-3-20-23-16/h2-3,10-11,13,19H,4-9,12H2,1H3,(H,20,23)/t13-/m1/s1. The number of anilines is 2. The van der Waals surface area contributed by atoms with E-state index >= 15 is 0 Å². The second-order valence-electron chi connectivity index (χ2n) is 7.09. The van der Waals surface area contributed by atoms with Crippen molar-refractivity contribution < 1.29 is 4.74 Å². The first-order valence-corrected chi connectivity index (χ1v) is 9.50. The van der Waals surface area contributed by atoms with Crippen LogP contribution in [0.25, 0.3) is 16.9 Å². The van der Waals surface area contributed by atoms with E-state index in [4.69, 9.17) is 9.72 Å². The van der Waals surface area contributed by atoms with E-state index in [0.29, 0.717) is 6.04 Å². The highest BCUT2D eigenvalue weighted by Gasteiger charge is 2.25. The van der Waals surface area contributed by atoms with Crippen LogP contribution in [0.15, 0.2) is 24.5 Å². The van der Waals surface area contributed by atoms with Gasteiger partial charge in [-0.15, -0.1) is 0 Å². The Bertz CT molecular complexity index is 915. The van der Waals surface area contributed by atoms with Crippen molar-refractivity contribution in [2.24, 2.45) is 0 Å². The summed E-state index contributed by atoms with van der Waals surface area (Å²) in [7, 11) is 0. The quantitative estimate of drug-likeness (QED) is 0.706. The minimum Gasteiger partial charge on any atom is -0.377 e. The van der Waals surface area contributed by atoms with E-state index in [1.165, 1.54) is 5.69 Å². The lowest BCUT2D eigenvalue weighted by molar-refractivity contribution is 0.0985. The molecular weight excluding hydrogens is 344 g/mol. The van der Waals surface area contributed by atoms with Crippen molar-refractivity contribution in [2.45, 2.75) is 13.0 Å². The Labute approximate surface area is 157 Å². The first kappa shape index (κ1) is 16.5. The minimum absolute atomic E-state index is 0.295. The lowest BCUT2D eigenvalue weighted by Crippen LogP contribution is -2.45. The number of nitrogens with zero attached hydrogens (tertiary/aromatic N) is 6. The number of nitrogens with one attached hydrogen (secondary N) is 2. The third-order valence-corrected chi connectivity index (χ3v) is 5.34. The van der Waals surface area contributed by atoms with E-state index in [9.17, 15) is 0 Å². The lowest BCUT2D eigenvalue weighted by atomic mass is 10.2. The number of hydrogen-bond donors (Lipinski definition) is 2. The van der Waals surface area contributed by atoms with Gasteiger partial charge in [0.1, 0.15) is 5.82 Å². The van der Waals surface area contributed by atoms with Crippen molar-refractivity contribution >= 4 is 22.5 Å². The number of rotatable bonds is 3. The van der Waals surface area contributed by atoms with Crippen LogP contribution in [-0.2, 0) is 4.74 Å². The van der Waals surface area contributed by atoms with E-state index in [-0.39, 0.29) is 0 Å². The minimum atomic E-state index is 0.295. The predicted molar refractivity (Wildman–Crippen MR) is 104 cm³/mol. The van der Waals surface area contributed by atoms with E-state index in [1.54, 1.807) is 6.20 Å². The number of aromatic amines is 1. The van der Waals surface area contributed by atoms with Crippen molar-refractivity contribution in [2.75, 3.05) is 55.7 Å². The molecule has 5 rings (SSSR count). The molecule has 3 aromatic heterocycles. The van der Waals surface area contributed by atoms with Crippen molar-refractivity contribution in [1.82, 2.24) is 30.3 Å². The van der Waals surface area contributed by atoms with Gasteiger partial charge in [-0.25, -0.2) is 4.98 Å². The van der Waals surface area contributed by atoms with Crippen molar-refractivity contribution in [1.29, 1.82) is 0 Å². The average molecular weight is 368 g/mol. The summed E-state index contributed by atoms with van der Waals surface area (Å²) in [4.78, 5) is 9.76. The summed E-state index contributed by atoms with van der Waals surface area (Å²) in [6.45, 7) is 8.42. The summed E-state index contributed by atoms with van der Waals surface area (Å²) < 4.78 is 7.45. The molecule has 27 heavy (non-hydrogen) atoms. The van der Waals surface area contributed by atoms with Crippen molar-refractivity contribution in [3.05, 3.63) is 24.5 Å². The SMILES string of the molecule is C[C@@H]1COCCN1c1cc(N2CCNCC2)c2cnn(-c3ccn[nH]3)c2n1. The van der Waals surface area contributed by atoms with E-state index in [2.05, 4.69) is 43.4 Å². The highest BCUT2D eigenvalue weighted by atomic mass is 16.5. The fraction of sp³-hybridized carbons (Fsp3) is 0.500. The molecule has 0 spiro atoms. The van der Waals surface area contributed by atoms with Crippen molar-refractivity contribution in [3.8, 4) is 5.82 Å². The summed E-state index contributed by atoms with van der Waals surface area (Å²) in [6.07, 6.45) is 3.64. The number of aromatic nitrogens is 5. The fourth-order valence-electron chi connectivity index (χ4n) is 3.90. The van der Waals surface area contributed by atoms with Gasteiger partial charge in [-0.05, 0) is 6.92 Å². The van der Waals surface area contributed by atoms with Gasteiger partial charge in [0.15, 0.2) is 11.5 Å². The Morgan fingerprint density at radius 3 is 2.89 bits per heavy atom. The zero-order valence-electron chi connectivity index (χ0n) is 15.4. The fourth-order valence-corrected chi connectivity index (χ4v) is 3.90. The molecular formula is C18H24N8O. The molecule has 9 heteroatoms. The monoisotopic (exact) mass is 368 g/mol. The van der Waals surface area contributed by atoms with Crippen LogP contribution < -0.4 is 15.1 Å². The maximum Gasteiger partial charge on any atom is 0.169 e. The third kappa shape index (κ3) is 2.92. The molecule has 0 aliphatic carbocycles. The second kappa shape index (κ2) is 6.82. The second-order valence-corrected chi connectivity index (χ2v) is 7.09. The molecule has 2 aliphatic rings. The van der Waals surface area contributed by atoms with Crippen LogP contribution in [0.4, 0.5) is 11.5 Å². The third-order valence-electron chi connectivity index (χ3n) is 5.34. The molecule has 0 saturated carbocycles. The summed E-state index contributed by atoms with van der Waals surface area (Å²) in [5.41, 5.74) is 2.05. The topological polar surface area (TPSA) is 87.1 Å². The number of fused-ring (bicyclic) bond motifs is 1. The number of hydrogen-bond acceptors (Lipinski definition) is 7. The summed E-state index contributed by atoms with van der Waals surface area (Å²) >= 11 is 0. The summed E-state index contributed by atoms with van der Waals surface area (Å²) in [5, 5.41) is 16.1. The van der Waals surface area contributed by atoms with Crippen molar-refractivity contribution in [3.63, 3.8) is 0 Å². The normalized spacial score (nSPS) is 21.1. The molecule has 142 valence electrons. The van der Waals surface area contributed by atoms with Crippen LogP contribution in [0.2, 0.25) is 0 Å². The Morgan fingerprint density at radius 2 is 2.11 bits per heavy atom. The first-order valence-electron chi connectivity index (χ1n) is 9.50. The number of pyridine rings is 1. The van der Waals surface area contributed by atoms with E-state index in [0.717, 1.165) is 68.6 Å². The van der Waals surface area contributed by atoms with Gasteiger partial charge in [-0.2, -0.15) is 14.9 Å². The molecule has 5 heterocycles. The van der Waals surface area contributed by atoms with Gasteiger partial charge in [-0.1, -0.05) is 0 Å². The van der Waals surface area contributed by atoms with Gasteiger partial charge in [0.2, 0.25) is 0 Å². The summed E-state index contributed by atoms with van der Waals surface area (Å²) in [6, 6.07) is 4.42. The van der Waals surface area contributed by atoms with Gasteiger partial charge in [0.25, 0.3) is 0 Å². The van der Waals surface area contributed by atoms with Gasteiger partial charge in [0.05, 0.1) is 42.7 Å². The van der Waals surface area contributed by atoms with Gasteiger partial charge >= 0.3 is 0 Å². The van der Waals surface area contributed by atoms with Crippen LogP contribution in [-0.4, -0.2) is 76.9 Å². The largest absolute Gasteiger partial charge is 0.377 e. The molecule has 1 atom stereocenters. The lowest BCUT2D eigenvalue weighted by Gasteiger charge is -2.36. The molecule has 2 aliphatic heterocycles. The zero-order valence-corrected chi connectivity index (χ0v) is 15.4. The number of piperazine rings is 1.